The Labute approximate surface area is 108 Å². The first-order valence-corrected chi connectivity index (χ1v) is 6.85. The molecule has 1 aromatic carbocycles. The molecule has 0 saturated heterocycles. The van der Waals surface area contributed by atoms with Gasteiger partial charge in [-0.15, -0.1) is 0 Å². The molecule has 2 aromatic rings. The van der Waals surface area contributed by atoms with Crippen LogP contribution in [0.1, 0.15) is 38.2 Å². The minimum atomic E-state index is 0.503. The Hall–Kier alpha value is -1.41. The standard InChI is InChI=1S/C16H20N2/c1-11(12(2)18-15-7-8-15)14-9-13-5-3-4-6-16(13)17-10-14/h3-6,9-12,15,18H,7-8H2,1-2H3. The van der Waals surface area contributed by atoms with Crippen molar-refractivity contribution in [1.82, 2.24) is 10.3 Å². The molecule has 2 unspecified atom stereocenters. The zero-order valence-electron chi connectivity index (χ0n) is 11.1. The van der Waals surface area contributed by atoms with Crippen LogP contribution in [0.5, 0.6) is 0 Å². The molecule has 0 amide bonds. The van der Waals surface area contributed by atoms with Crippen LogP contribution in [0.25, 0.3) is 10.9 Å². The summed E-state index contributed by atoms with van der Waals surface area (Å²) in [5.74, 6) is 0.503. The van der Waals surface area contributed by atoms with E-state index in [9.17, 15) is 0 Å². The molecule has 18 heavy (non-hydrogen) atoms. The monoisotopic (exact) mass is 240 g/mol. The van der Waals surface area contributed by atoms with Crippen molar-refractivity contribution in [3.8, 4) is 0 Å². The van der Waals surface area contributed by atoms with E-state index < -0.39 is 0 Å². The molecule has 1 saturated carbocycles. The average Bonchev–Trinajstić information content (AvgIpc) is 3.21. The summed E-state index contributed by atoms with van der Waals surface area (Å²) in [5.41, 5.74) is 2.41. The number of nitrogens with zero attached hydrogens (tertiary/aromatic N) is 1. The van der Waals surface area contributed by atoms with Gasteiger partial charge >= 0.3 is 0 Å². The first-order chi connectivity index (χ1) is 8.74. The van der Waals surface area contributed by atoms with Crippen molar-refractivity contribution in [2.24, 2.45) is 0 Å². The van der Waals surface area contributed by atoms with Gasteiger partial charge in [-0.25, -0.2) is 0 Å². The minimum Gasteiger partial charge on any atom is -0.311 e. The van der Waals surface area contributed by atoms with E-state index in [2.05, 4.69) is 48.4 Å². The Morgan fingerprint density at radius 2 is 2.00 bits per heavy atom. The SMILES string of the molecule is CC(NC1CC1)C(C)c1cnc2ccccc2c1. The number of para-hydroxylation sites is 1. The van der Waals surface area contributed by atoms with Crippen LogP contribution in [0.2, 0.25) is 0 Å². The summed E-state index contributed by atoms with van der Waals surface area (Å²) in [7, 11) is 0. The lowest BCUT2D eigenvalue weighted by atomic mass is 9.94. The second-order valence-electron chi connectivity index (χ2n) is 5.48. The summed E-state index contributed by atoms with van der Waals surface area (Å²) in [6.45, 7) is 4.56. The maximum absolute atomic E-state index is 4.55. The van der Waals surface area contributed by atoms with E-state index in [1.54, 1.807) is 0 Å². The number of benzene rings is 1. The fourth-order valence-electron chi connectivity index (χ4n) is 2.39. The molecule has 2 atom stereocenters. The number of rotatable bonds is 4. The van der Waals surface area contributed by atoms with E-state index in [0.29, 0.717) is 12.0 Å². The normalized spacial score (nSPS) is 18.8. The molecule has 0 spiro atoms. The molecule has 0 bridgehead atoms. The number of pyridine rings is 1. The van der Waals surface area contributed by atoms with Crippen molar-refractivity contribution in [2.45, 2.75) is 44.7 Å². The fraction of sp³-hybridized carbons (Fsp3) is 0.438. The van der Waals surface area contributed by atoms with Crippen LogP contribution in [0.4, 0.5) is 0 Å². The van der Waals surface area contributed by atoms with Gasteiger partial charge in [0.1, 0.15) is 0 Å². The van der Waals surface area contributed by atoms with E-state index in [-0.39, 0.29) is 0 Å². The van der Waals surface area contributed by atoms with Crippen molar-refractivity contribution < 1.29 is 0 Å². The molecule has 1 aromatic heterocycles. The third-order valence-electron chi connectivity index (χ3n) is 3.96. The molecule has 2 heteroatoms. The predicted octanol–water partition coefficient (Wildman–Crippen LogP) is 3.48. The third kappa shape index (κ3) is 2.39. The Kier molecular flexibility index (Phi) is 3.04. The van der Waals surface area contributed by atoms with Crippen molar-refractivity contribution >= 4 is 10.9 Å². The summed E-state index contributed by atoms with van der Waals surface area (Å²) in [6, 6.07) is 11.9. The van der Waals surface area contributed by atoms with Gasteiger partial charge in [-0.05, 0) is 43.4 Å². The molecular formula is C16H20N2. The number of hydrogen-bond donors (Lipinski definition) is 1. The predicted molar refractivity (Wildman–Crippen MR) is 75.8 cm³/mol. The summed E-state index contributed by atoms with van der Waals surface area (Å²) >= 11 is 0. The zero-order chi connectivity index (χ0) is 12.5. The highest BCUT2D eigenvalue weighted by atomic mass is 15.0. The number of hydrogen-bond acceptors (Lipinski definition) is 2. The fourth-order valence-corrected chi connectivity index (χ4v) is 2.39. The van der Waals surface area contributed by atoms with Gasteiger partial charge in [0.05, 0.1) is 5.52 Å². The molecule has 1 fully saturated rings. The van der Waals surface area contributed by atoms with E-state index in [1.165, 1.54) is 23.8 Å². The molecule has 0 aliphatic heterocycles. The second-order valence-corrected chi connectivity index (χ2v) is 5.48. The Morgan fingerprint density at radius 3 is 2.78 bits per heavy atom. The first-order valence-electron chi connectivity index (χ1n) is 6.85. The maximum Gasteiger partial charge on any atom is 0.0702 e. The molecule has 3 rings (SSSR count). The summed E-state index contributed by atoms with van der Waals surface area (Å²) in [5, 5.41) is 4.91. The van der Waals surface area contributed by atoms with Gasteiger partial charge in [-0.3, -0.25) is 4.98 Å². The van der Waals surface area contributed by atoms with Gasteiger partial charge < -0.3 is 5.32 Å². The Balaban J connectivity index is 1.83. The molecule has 0 radical (unpaired) electrons. The van der Waals surface area contributed by atoms with Crippen LogP contribution in [0.15, 0.2) is 36.5 Å². The quantitative estimate of drug-likeness (QED) is 0.885. The second kappa shape index (κ2) is 4.69. The zero-order valence-corrected chi connectivity index (χ0v) is 11.1. The van der Waals surface area contributed by atoms with Crippen LogP contribution in [0, 0.1) is 0 Å². The van der Waals surface area contributed by atoms with Crippen molar-refractivity contribution in [1.29, 1.82) is 0 Å². The molecule has 1 heterocycles. The summed E-state index contributed by atoms with van der Waals surface area (Å²) < 4.78 is 0. The third-order valence-corrected chi connectivity index (χ3v) is 3.96. The molecule has 2 nitrogen and oxygen atoms in total. The molecular weight excluding hydrogens is 220 g/mol. The van der Waals surface area contributed by atoms with Gasteiger partial charge in [0.25, 0.3) is 0 Å². The lowest BCUT2D eigenvalue weighted by Crippen LogP contribution is -2.32. The van der Waals surface area contributed by atoms with Gasteiger partial charge in [-0.2, -0.15) is 0 Å². The van der Waals surface area contributed by atoms with E-state index in [4.69, 9.17) is 0 Å². The Morgan fingerprint density at radius 1 is 1.22 bits per heavy atom. The van der Waals surface area contributed by atoms with Gasteiger partial charge in [0, 0.05) is 23.7 Å². The number of fused-ring (bicyclic) bond motifs is 1. The summed E-state index contributed by atoms with van der Waals surface area (Å²) in [6.07, 6.45) is 4.71. The number of nitrogens with one attached hydrogen (secondary N) is 1. The highest BCUT2D eigenvalue weighted by Gasteiger charge is 2.25. The Bertz CT molecular complexity index is 546. The first kappa shape index (κ1) is 11.7. The molecule has 1 aliphatic rings. The van der Waals surface area contributed by atoms with Crippen LogP contribution >= 0.6 is 0 Å². The average molecular weight is 240 g/mol. The van der Waals surface area contributed by atoms with Gasteiger partial charge in [0.2, 0.25) is 0 Å². The minimum absolute atomic E-state index is 0.503. The topological polar surface area (TPSA) is 24.9 Å². The summed E-state index contributed by atoms with van der Waals surface area (Å²) in [4.78, 5) is 4.55. The van der Waals surface area contributed by atoms with Crippen molar-refractivity contribution in [2.75, 3.05) is 0 Å². The van der Waals surface area contributed by atoms with E-state index >= 15 is 0 Å². The van der Waals surface area contributed by atoms with E-state index in [0.717, 1.165) is 11.6 Å². The molecule has 1 N–H and O–H groups in total. The maximum atomic E-state index is 4.55. The van der Waals surface area contributed by atoms with Gasteiger partial charge in [0.15, 0.2) is 0 Å². The van der Waals surface area contributed by atoms with E-state index in [1.807, 2.05) is 12.3 Å². The highest BCUT2D eigenvalue weighted by molar-refractivity contribution is 5.78. The lowest BCUT2D eigenvalue weighted by molar-refractivity contribution is 0.478. The smallest absolute Gasteiger partial charge is 0.0702 e. The number of aromatic nitrogens is 1. The van der Waals surface area contributed by atoms with Crippen LogP contribution in [0.3, 0.4) is 0 Å². The van der Waals surface area contributed by atoms with Crippen LogP contribution in [-0.2, 0) is 0 Å². The van der Waals surface area contributed by atoms with Crippen LogP contribution in [-0.4, -0.2) is 17.1 Å². The molecule has 94 valence electrons. The molecule has 1 aliphatic carbocycles. The lowest BCUT2D eigenvalue weighted by Gasteiger charge is -2.21. The van der Waals surface area contributed by atoms with Crippen molar-refractivity contribution in [3.05, 3.63) is 42.1 Å². The van der Waals surface area contributed by atoms with Crippen LogP contribution < -0.4 is 5.32 Å². The largest absolute Gasteiger partial charge is 0.311 e. The highest BCUT2D eigenvalue weighted by Crippen LogP contribution is 2.26. The van der Waals surface area contributed by atoms with Gasteiger partial charge in [-0.1, -0.05) is 25.1 Å². The van der Waals surface area contributed by atoms with Crippen molar-refractivity contribution in [3.63, 3.8) is 0 Å².